The predicted octanol–water partition coefficient (Wildman–Crippen LogP) is 5.50. The molecule has 2 nitrogen and oxygen atoms in total. The van der Waals surface area contributed by atoms with Crippen LogP contribution < -0.4 is 0 Å². The topological polar surface area (TPSA) is 17.8 Å². The second kappa shape index (κ2) is 5.46. The fraction of sp³-hybridized carbons (Fsp3) is 0.0952. The lowest BCUT2D eigenvalue weighted by molar-refractivity contribution is 0.684. The van der Waals surface area contributed by atoms with Gasteiger partial charge in [0.15, 0.2) is 0 Å². The van der Waals surface area contributed by atoms with E-state index in [1.807, 2.05) is 0 Å². The Kier molecular flexibility index (Phi) is 3.13. The van der Waals surface area contributed by atoms with E-state index in [0.29, 0.717) is 0 Å². The highest BCUT2D eigenvalue weighted by molar-refractivity contribution is 7.13. The predicted molar refractivity (Wildman–Crippen MR) is 100 cm³/mol. The Labute approximate surface area is 145 Å². The van der Waals surface area contributed by atoms with Crippen LogP contribution in [0.3, 0.4) is 0 Å². The molecule has 1 aromatic carbocycles. The molecule has 4 heterocycles. The van der Waals surface area contributed by atoms with E-state index in [4.69, 9.17) is 4.98 Å². The van der Waals surface area contributed by atoms with Gasteiger partial charge in [0.25, 0.3) is 0 Å². The first-order valence-corrected chi connectivity index (χ1v) is 9.07. The highest BCUT2D eigenvalue weighted by atomic mass is 32.1. The van der Waals surface area contributed by atoms with Gasteiger partial charge < -0.3 is 4.57 Å². The minimum atomic E-state index is 1.03. The molecule has 1 aliphatic rings. The Morgan fingerprint density at radius 2 is 1.83 bits per heavy atom. The van der Waals surface area contributed by atoms with Crippen molar-refractivity contribution in [2.45, 2.75) is 13.0 Å². The van der Waals surface area contributed by atoms with Gasteiger partial charge in [-0.2, -0.15) is 0 Å². The molecule has 4 aromatic rings. The molecule has 0 bridgehead atoms. The quantitative estimate of drug-likeness (QED) is 0.475. The van der Waals surface area contributed by atoms with Gasteiger partial charge in [-0.1, -0.05) is 36.4 Å². The van der Waals surface area contributed by atoms with Crippen molar-refractivity contribution in [2.75, 3.05) is 0 Å². The smallest absolute Gasteiger partial charge is 0.0907 e. The zero-order valence-electron chi connectivity index (χ0n) is 13.1. The highest BCUT2D eigenvalue weighted by Gasteiger charge is 2.21. The van der Waals surface area contributed by atoms with Gasteiger partial charge in [0.1, 0.15) is 0 Å². The summed E-state index contributed by atoms with van der Waals surface area (Å²) in [4.78, 5) is 6.36. The first kappa shape index (κ1) is 13.8. The summed E-state index contributed by atoms with van der Waals surface area (Å²) < 4.78 is 2.30. The molecule has 0 unspecified atom stereocenters. The summed E-state index contributed by atoms with van der Waals surface area (Å²) >= 11 is 1.75. The Bertz CT molecular complexity index is 998. The van der Waals surface area contributed by atoms with Crippen LogP contribution in [0.2, 0.25) is 0 Å². The molecule has 24 heavy (non-hydrogen) atoms. The maximum atomic E-state index is 5.14. The molecular formula is C21H16N2S. The summed E-state index contributed by atoms with van der Waals surface area (Å²) in [5.74, 6) is 0. The maximum absolute atomic E-state index is 5.14. The summed E-state index contributed by atoms with van der Waals surface area (Å²) in [5, 5.41) is 2.12. The van der Waals surface area contributed by atoms with Crippen molar-refractivity contribution < 1.29 is 0 Å². The van der Waals surface area contributed by atoms with E-state index in [0.717, 1.165) is 24.4 Å². The summed E-state index contributed by atoms with van der Waals surface area (Å²) in [7, 11) is 0. The van der Waals surface area contributed by atoms with Gasteiger partial charge in [0.2, 0.25) is 0 Å². The molecule has 0 atom stereocenters. The normalized spacial score (nSPS) is 12.7. The molecule has 116 valence electrons. The average Bonchev–Trinajstić information content (AvgIpc) is 3.33. The number of rotatable bonds is 2. The van der Waals surface area contributed by atoms with Crippen molar-refractivity contribution >= 4 is 11.3 Å². The third kappa shape index (κ3) is 2.13. The van der Waals surface area contributed by atoms with E-state index in [-0.39, 0.29) is 0 Å². The van der Waals surface area contributed by atoms with Crippen LogP contribution in [0.5, 0.6) is 0 Å². The number of pyridine rings is 1. The molecular weight excluding hydrogens is 312 g/mol. The molecule has 0 aliphatic carbocycles. The third-order valence-electron chi connectivity index (χ3n) is 4.64. The molecule has 0 radical (unpaired) electrons. The van der Waals surface area contributed by atoms with E-state index in [9.17, 15) is 0 Å². The van der Waals surface area contributed by atoms with E-state index < -0.39 is 0 Å². The van der Waals surface area contributed by atoms with Crippen LogP contribution in [0.25, 0.3) is 33.1 Å². The number of fused-ring (bicyclic) bond motifs is 3. The number of nitrogens with zero attached hydrogens (tertiary/aromatic N) is 2. The SMILES string of the molecule is c1ccc(-c2cc3c(nc2-c2cccs2)-c2cccn2CC3)cc1. The molecule has 0 saturated carbocycles. The Morgan fingerprint density at radius 3 is 2.67 bits per heavy atom. The number of hydrogen-bond acceptors (Lipinski definition) is 2. The van der Waals surface area contributed by atoms with Crippen molar-refractivity contribution in [1.82, 2.24) is 9.55 Å². The number of benzene rings is 1. The van der Waals surface area contributed by atoms with Crippen molar-refractivity contribution in [2.24, 2.45) is 0 Å². The van der Waals surface area contributed by atoms with Crippen LogP contribution in [0.4, 0.5) is 0 Å². The van der Waals surface area contributed by atoms with Crippen molar-refractivity contribution in [1.29, 1.82) is 0 Å². The molecule has 5 rings (SSSR count). The van der Waals surface area contributed by atoms with E-state index >= 15 is 0 Å². The average molecular weight is 328 g/mol. The van der Waals surface area contributed by atoms with Crippen molar-refractivity contribution in [3.05, 3.63) is 77.8 Å². The van der Waals surface area contributed by atoms with Gasteiger partial charge in [-0.15, -0.1) is 11.3 Å². The second-order valence-corrected chi connectivity index (χ2v) is 7.02. The van der Waals surface area contributed by atoms with Gasteiger partial charge >= 0.3 is 0 Å². The van der Waals surface area contributed by atoms with Gasteiger partial charge in [-0.05, 0) is 47.2 Å². The molecule has 0 N–H and O–H groups in total. The first-order valence-electron chi connectivity index (χ1n) is 8.19. The molecule has 0 spiro atoms. The summed E-state index contributed by atoms with van der Waals surface area (Å²) in [6.45, 7) is 1.03. The summed E-state index contributed by atoms with van der Waals surface area (Å²) in [6.07, 6.45) is 3.18. The fourth-order valence-corrected chi connectivity index (χ4v) is 4.20. The minimum absolute atomic E-state index is 1.03. The van der Waals surface area contributed by atoms with Crippen molar-refractivity contribution in [3.8, 4) is 33.1 Å². The molecule has 0 fully saturated rings. The molecule has 0 saturated heterocycles. The third-order valence-corrected chi connectivity index (χ3v) is 5.51. The zero-order valence-corrected chi connectivity index (χ0v) is 14.0. The Morgan fingerprint density at radius 1 is 0.917 bits per heavy atom. The van der Waals surface area contributed by atoms with Crippen LogP contribution in [0, 0.1) is 0 Å². The molecule has 1 aliphatic heterocycles. The van der Waals surface area contributed by atoms with Crippen LogP contribution in [0.15, 0.2) is 72.2 Å². The Hall–Kier alpha value is -2.65. The van der Waals surface area contributed by atoms with Crippen LogP contribution in [0.1, 0.15) is 5.56 Å². The monoisotopic (exact) mass is 328 g/mol. The fourth-order valence-electron chi connectivity index (χ4n) is 3.47. The van der Waals surface area contributed by atoms with E-state index in [1.165, 1.54) is 27.3 Å². The van der Waals surface area contributed by atoms with Gasteiger partial charge in [-0.3, -0.25) is 0 Å². The van der Waals surface area contributed by atoms with Gasteiger partial charge in [0, 0.05) is 18.3 Å². The van der Waals surface area contributed by atoms with E-state index in [2.05, 4.69) is 76.8 Å². The molecule has 0 amide bonds. The standard InChI is InChI=1S/C21H16N2S/c1-2-6-15(7-3-1)17-14-16-10-12-23-11-4-8-18(23)20(16)22-21(17)19-9-5-13-24-19/h1-9,11,13-14H,10,12H2. The zero-order chi connectivity index (χ0) is 15.9. The lowest BCUT2D eigenvalue weighted by atomic mass is 9.96. The van der Waals surface area contributed by atoms with Gasteiger partial charge in [-0.25, -0.2) is 4.98 Å². The Balaban J connectivity index is 1.80. The number of aromatic nitrogens is 2. The van der Waals surface area contributed by atoms with Crippen LogP contribution >= 0.6 is 11.3 Å². The largest absolute Gasteiger partial charge is 0.346 e. The first-order chi connectivity index (χ1) is 11.9. The lowest BCUT2D eigenvalue weighted by Crippen LogP contribution is -2.11. The van der Waals surface area contributed by atoms with Crippen LogP contribution in [-0.2, 0) is 13.0 Å². The number of hydrogen-bond donors (Lipinski definition) is 0. The number of aryl methyl sites for hydroxylation is 2. The summed E-state index contributed by atoms with van der Waals surface area (Å²) in [5.41, 5.74) is 7.27. The minimum Gasteiger partial charge on any atom is -0.346 e. The van der Waals surface area contributed by atoms with Gasteiger partial charge in [0.05, 0.1) is 22.0 Å². The van der Waals surface area contributed by atoms with Crippen LogP contribution in [-0.4, -0.2) is 9.55 Å². The molecule has 3 heteroatoms. The van der Waals surface area contributed by atoms with Crippen molar-refractivity contribution in [3.63, 3.8) is 0 Å². The number of thiophene rings is 1. The maximum Gasteiger partial charge on any atom is 0.0907 e. The summed E-state index contributed by atoms with van der Waals surface area (Å²) in [6, 6.07) is 21.5. The molecule has 3 aromatic heterocycles. The second-order valence-electron chi connectivity index (χ2n) is 6.07. The lowest BCUT2D eigenvalue weighted by Gasteiger charge is -2.21. The van der Waals surface area contributed by atoms with E-state index in [1.54, 1.807) is 11.3 Å². The highest BCUT2D eigenvalue weighted by Crippen LogP contribution is 2.38.